The van der Waals surface area contributed by atoms with E-state index in [2.05, 4.69) is 502 Å². The van der Waals surface area contributed by atoms with Gasteiger partial charge in [-0.1, -0.05) is 353 Å². The van der Waals surface area contributed by atoms with Crippen LogP contribution in [0.15, 0.2) is 413 Å². The van der Waals surface area contributed by atoms with Crippen LogP contribution in [0.2, 0.25) is 0 Å². The summed E-state index contributed by atoms with van der Waals surface area (Å²) in [6.45, 7) is 23.6. The number of anilines is 11. The van der Waals surface area contributed by atoms with E-state index in [4.69, 9.17) is 9.47 Å². The predicted octanol–water partition coefficient (Wildman–Crippen LogP) is 38.3. The molecule has 0 aromatic heterocycles. The summed E-state index contributed by atoms with van der Waals surface area (Å²) in [5, 5.41) is 19.5. The number of benzene rings is 18. The van der Waals surface area contributed by atoms with E-state index < -0.39 is 0 Å². The van der Waals surface area contributed by atoms with Gasteiger partial charge >= 0.3 is 0 Å². The molecule has 18 aromatic carbocycles. The number of methoxy groups -OCH3 is 2. The highest BCUT2D eigenvalue weighted by atomic mass is 16.5. The first-order valence-corrected chi connectivity index (χ1v) is 50.3. The molecule has 8 nitrogen and oxygen atoms in total. The molecule has 0 fully saturated rings. The lowest BCUT2D eigenvalue weighted by Crippen LogP contribution is -2.11. The van der Waals surface area contributed by atoms with E-state index in [1.54, 1.807) is 20.3 Å². The van der Waals surface area contributed by atoms with Gasteiger partial charge in [0, 0.05) is 73.3 Å². The van der Waals surface area contributed by atoms with Crippen molar-refractivity contribution in [3.05, 3.63) is 491 Å². The summed E-state index contributed by atoms with van der Waals surface area (Å²) in [7, 11) is 3.47. The standard InChI is InChI=1S/C39H29N3.C39H37NO2.C30H27N.C29H25N/c1-4-29(24-40)30-13-15-31(16-14-30)32(25-41)22-28-12-20-39-37(23-28)35-8-6-5-7-34(35)36-21-27(3)11-19-38(36)42(39)33-17-9-26(2)10-18-33;1-6-27(3)29-16-13-28(14-17-29)15-18-30-23-38-36(25-39(30)42-5)34-10-8-7-9-33(34)35-24-32(41-4)21-22-37(35)40(38)31-19-11-26(2)12-20-31;1-3-22(2)24-18-16-23(17-19-24)20-21-31-29-14-8-6-12-27(29)25-10-4-5-11-26(25)28-13-7-9-15-30(28)31;1-4-7-22-13-17-29-27(19-22)25-9-6-5-8-24(25)26-18-21(3)12-16-28(26)30(29)23-14-10-20(2)11-15-23/h4-23H,1-3H3;7-25,27H,6H2,1-5H3;4-22H,3H2,1-2H3;4-19H,1-3H3/b29-4?,32-22+;18-15+;;. The first-order valence-electron chi connectivity index (χ1n) is 50.3. The van der Waals surface area contributed by atoms with Gasteiger partial charge in [0.25, 0.3) is 0 Å². The van der Waals surface area contributed by atoms with Crippen molar-refractivity contribution in [1.82, 2.24) is 0 Å². The average molecular weight is 1880 g/mol. The van der Waals surface area contributed by atoms with Crippen molar-refractivity contribution in [2.45, 2.75) is 101 Å². The Hall–Kier alpha value is -17.6. The normalized spacial score (nSPS) is 12.7. The second-order valence-corrected chi connectivity index (χ2v) is 37.9. The number of nitrogens with zero attached hydrogens (tertiary/aromatic N) is 6. The molecule has 0 saturated heterocycles. The van der Waals surface area contributed by atoms with E-state index in [1.165, 1.54) is 134 Å². The molecule has 2 atom stereocenters. The number of nitriles is 2. The van der Waals surface area contributed by atoms with Gasteiger partial charge in [0.2, 0.25) is 0 Å². The van der Waals surface area contributed by atoms with Crippen LogP contribution in [0.25, 0.3) is 131 Å². The van der Waals surface area contributed by atoms with Crippen LogP contribution in [-0.2, 0) is 0 Å². The Morgan fingerprint density at radius 2 is 0.628 bits per heavy atom. The highest BCUT2D eigenvalue weighted by molar-refractivity contribution is 6.08. The molecule has 708 valence electrons. The molecule has 0 saturated carbocycles. The van der Waals surface area contributed by atoms with Crippen LogP contribution in [0.4, 0.5) is 62.6 Å². The molecule has 0 aliphatic carbocycles. The number of allylic oxidation sites excluding steroid dienone is 4. The Balaban J connectivity index is 0.000000123. The Kier molecular flexibility index (Phi) is 28.7. The largest absolute Gasteiger partial charge is 0.497 e. The smallest absolute Gasteiger partial charge is 0.126 e. The number of ether oxygens (including phenoxy) is 2. The fourth-order valence-corrected chi connectivity index (χ4v) is 20.2. The SMILES string of the molecule is CC=C(C#N)c1ccc(/C(C#N)=C/c2ccc3c(c2)-c2ccccc2-c2cc(C)ccc2N3c2ccc(C)cc2)cc1.CC=Cc1ccc2c(c1)-c1ccccc1-c1cc(C)ccc1N2c1ccc(C)cc1.CCC(C)c1ccc(/C=C/c2cc3c(cc2OC)-c2ccccc2-c2cc(OC)ccc2N3c2ccc(C)cc2)cc1.CCC(C)c1ccc(C=CN2c3ccccc3-c3ccccc3-c3ccccc32)cc1. The Morgan fingerprint density at radius 3 is 1.03 bits per heavy atom. The van der Waals surface area contributed by atoms with Gasteiger partial charge in [-0.3, -0.25) is 0 Å². The maximum absolute atomic E-state index is 10.1. The maximum Gasteiger partial charge on any atom is 0.126 e. The first kappa shape index (κ1) is 96.3. The predicted molar refractivity (Wildman–Crippen MR) is 615 cm³/mol. The zero-order valence-corrected chi connectivity index (χ0v) is 84.7. The number of hydrogen-bond donors (Lipinski definition) is 0. The molecule has 0 radical (unpaired) electrons. The van der Waals surface area contributed by atoms with E-state index >= 15 is 0 Å². The van der Waals surface area contributed by atoms with Crippen molar-refractivity contribution in [3.8, 4) is 113 Å². The minimum atomic E-state index is 0.561. The zero-order valence-electron chi connectivity index (χ0n) is 84.7. The van der Waals surface area contributed by atoms with Gasteiger partial charge in [0.1, 0.15) is 11.5 Å². The summed E-state index contributed by atoms with van der Waals surface area (Å²) in [6.07, 6.45) is 19.1. The summed E-state index contributed by atoms with van der Waals surface area (Å²) in [4.78, 5) is 9.44. The molecule has 145 heavy (non-hydrogen) atoms. The van der Waals surface area contributed by atoms with Crippen molar-refractivity contribution >= 4 is 104 Å². The zero-order chi connectivity index (χ0) is 100. The molecular weight excluding hydrogens is 1760 g/mol. The van der Waals surface area contributed by atoms with Crippen LogP contribution in [0.3, 0.4) is 0 Å². The minimum absolute atomic E-state index is 0.561. The molecule has 0 spiro atoms. The van der Waals surface area contributed by atoms with Gasteiger partial charge in [0.15, 0.2) is 0 Å². The van der Waals surface area contributed by atoms with Gasteiger partial charge in [-0.2, -0.15) is 10.5 Å². The van der Waals surface area contributed by atoms with E-state index in [-0.39, 0.29) is 0 Å². The van der Waals surface area contributed by atoms with E-state index in [0.717, 1.165) is 120 Å². The second kappa shape index (κ2) is 43.3. The number of para-hydroxylation sites is 2. The quantitative estimate of drug-likeness (QED) is 0.0659. The first-order chi connectivity index (χ1) is 70.9. The van der Waals surface area contributed by atoms with Crippen molar-refractivity contribution in [1.29, 1.82) is 10.5 Å². The highest BCUT2D eigenvalue weighted by Gasteiger charge is 2.33. The van der Waals surface area contributed by atoms with Gasteiger partial charge in [-0.05, 0) is 302 Å². The Morgan fingerprint density at radius 1 is 0.290 bits per heavy atom. The number of aryl methyl sites for hydroxylation is 5. The fraction of sp³-hybridized carbons (Fsp3) is 0.124. The van der Waals surface area contributed by atoms with Gasteiger partial charge in [-0.15, -0.1) is 0 Å². The third-order valence-electron chi connectivity index (χ3n) is 28.4. The summed E-state index contributed by atoms with van der Waals surface area (Å²) < 4.78 is 11.7. The molecule has 18 aromatic rings. The number of fused-ring (bicyclic) bond motifs is 20. The molecule has 22 rings (SSSR count). The Labute approximate surface area is 856 Å². The summed E-state index contributed by atoms with van der Waals surface area (Å²) >= 11 is 0. The molecule has 4 aliphatic rings. The van der Waals surface area contributed by atoms with Crippen LogP contribution in [0, 0.1) is 57.3 Å². The van der Waals surface area contributed by atoms with Gasteiger partial charge in [-0.25, -0.2) is 0 Å². The van der Waals surface area contributed by atoms with Crippen molar-refractivity contribution in [2.75, 3.05) is 33.8 Å². The summed E-state index contributed by atoms with van der Waals surface area (Å²) in [5.41, 5.74) is 49.4. The van der Waals surface area contributed by atoms with Crippen molar-refractivity contribution in [2.24, 2.45) is 0 Å². The van der Waals surface area contributed by atoms with Crippen molar-refractivity contribution < 1.29 is 9.47 Å². The van der Waals surface area contributed by atoms with E-state index in [0.29, 0.717) is 23.0 Å². The van der Waals surface area contributed by atoms with E-state index in [1.807, 2.05) is 43.3 Å². The lowest BCUT2D eigenvalue weighted by atomic mass is 9.92. The topological polar surface area (TPSA) is 79.0 Å². The number of hydrogen-bond acceptors (Lipinski definition) is 8. The van der Waals surface area contributed by atoms with E-state index in [9.17, 15) is 10.5 Å². The highest BCUT2D eigenvalue weighted by Crippen LogP contribution is 2.57. The lowest BCUT2D eigenvalue weighted by molar-refractivity contribution is 0.414. The van der Waals surface area contributed by atoms with Crippen LogP contribution >= 0.6 is 0 Å². The second-order valence-electron chi connectivity index (χ2n) is 37.9. The Bertz CT molecular complexity index is 8030. The fourth-order valence-electron chi connectivity index (χ4n) is 20.2. The third kappa shape index (κ3) is 20.1. The molecule has 0 bridgehead atoms. The minimum Gasteiger partial charge on any atom is -0.497 e. The van der Waals surface area contributed by atoms with Crippen LogP contribution in [-0.4, -0.2) is 14.2 Å². The molecule has 4 heterocycles. The maximum atomic E-state index is 10.1. The van der Waals surface area contributed by atoms with Gasteiger partial charge in [0.05, 0.1) is 83.0 Å². The lowest BCUT2D eigenvalue weighted by Gasteiger charge is -2.28. The monoisotopic (exact) mass is 1880 g/mol. The molecule has 0 N–H and O–H groups in total. The van der Waals surface area contributed by atoms with Crippen LogP contribution in [0.1, 0.15) is 144 Å². The summed E-state index contributed by atoms with van der Waals surface area (Å²) in [6, 6.07) is 146. The van der Waals surface area contributed by atoms with Gasteiger partial charge < -0.3 is 29.1 Å². The van der Waals surface area contributed by atoms with Crippen LogP contribution in [0.5, 0.6) is 11.5 Å². The molecule has 8 heteroatoms. The average Bonchev–Trinajstić information content (AvgIpc) is 1.58. The molecule has 0 amide bonds. The van der Waals surface area contributed by atoms with Crippen molar-refractivity contribution in [3.63, 3.8) is 0 Å². The molecule has 2 unspecified atom stereocenters. The molecule has 4 aliphatic heterocycles. The molecular formula is C137H118N6O2. The van der Waals surface area contributed by atoms with Crippen LogP contribution < -0.4 is 29.1 Å². The third-order valence-corrected chi connectivity index (χ3v) is 28.4. The number of rotatable bonds is 17. The summed E-state index contributed by atoms with van der Waals surface area (Å²) in [5.74, 6) is 2.83.